The van der Waals surface area contributed by atoms with E-state index >= 15 is 0 Å². The Balaban J connectivity index is 1.86. The monoisotopic (exact) mass is 210 g/mol. The van der Waals surface area contributed by atoms with Crippen molar-refractivity contribution in [2.24, 2.45) is 11.8 Å². The summed E-state index contributed by atoms with van der Waals surface area (Å²) in [4.78, 5) is 0. The summed E-state index contributed by atoms with van der Waals surface area (Å²) >= 11 is 4.66. The molecule has 0 aromatic heterocycles. The molecule has 0 bridgehead atoms. The van der Waals surface area contributed by atoms with Crippen LogP contribution >= 0.6 is 12.6 Å². The topological polar surface area (TPSA) is 0 Å². The summed E-state index contributed by atoms with van der Waals surface area (Å²) in [5.74, 6) is 3.07. The molecule has 0 amide bonds. The van der Waals surface area contributed by atoms with Gasteiger partial charge >= 0.3 is 0 Å². The summed E-state index contributed by atoms with van der Waals surface area (Å²) in [5, 5.41) is 0.714. The third-order valence-electron chi connectivity index (χ3n) is 4.33. The van der Waals surface area contributed by atoms with Crippen LogP contribution in [0.25, 0.3) is 0 Å². The van der Waals surface area contributed by atoms with E-state index in [0.717, 1.165) is 17.7 Å². The van der Waals surface area contributed by atoms with Crippen LogP contribution in [0.5, 0.6) is 0 Å². The van der Waals surface area contributed by atoms with Gasteiger partial charge in [0.15, 0.2) is 0 Å². The Labute approximate surface area is 95.0 Å². The molecule has 2 heteroatoms. The van der Waals surface area contributed by atoms with E-state index in [1.165, 1.54) is 51.4 Å². The van der Waals surface area contributed by atoms with Gasteiger partial charge in [0, 0.05) is 5.25 Å². The molecule has 2 fully saturated rings. The minimum absolute atomic E-state index is 0.714. The molecule has 0 aromatic rings. The summed E-state index contributed by atoms with van der Waals surface area (Å²) in [5.41, 5.74) is 0. The molecule has 80 valence electrons. The summed E-state index contributed by atoms with van der Waals surface area (Å²) in [6, 6.07) is 0. The van der Waals surface area contributed by atoms with Crippen molar-refractivity contribution in [1.82, 2.24) is 0 Å². The zero-order valence-electron chi connectivity index (χ0n) is 9.41. The van der Waals surface area contributed by atoms with Crippen LogP contribution in [0.3, 0.4) is 0 Å². The molecule has 4 unspecified atom stereocenters. The maximum Gasteiger partial charge on any atom is 0.105 e. The third kappa shape index (κ3) is 2.71. The predicted octanol–water partition coefficient (Wildman–Crippen LogP) is 3.09. The van der Waals surface area contributed by atoms with Crippen molar-refractivity contribution in [2.45, 2.75) is 62.4 Å². The summed E-state index contributed by atoms with van der Waals surface area (Å²) in [6.45, 7) is 0. The lowest BCUT2D eigenvalue weighted by atomic mass is 9.65. The van der Waals surface area contributed by atoms with E-state index in [-0.39, 0.29) is 0 Å². The molecule has 4 atom stereocenters. The first-order valence-corrected chi connectivity index (χ1v) is 6.95. The van der Waals surface area contributed by atoms with Crippen LogP contribution in [0.15, 0.2) is 0 Å². The first kappa shape index (κ1) is 10.9. The molecule has 0 aromatic carbocycles. The highest BCUT2D eigenvalue weighted by atomic mass is 32.1. The summed E-state index contributed by atoms with van der Waals surface area (Å²) < 4.78 is 0. The number of thiol groups is 1. The molecule has 0 N–H and O–H groups in total. The standard InChI is InChI=1S/C12H23BS/c13-11-5-1-3-9(7-11)10-4-2-6-12(14)8-10/h9-12,14H,1-8,13H2. The highest BCUT2D eigenvalue weighted by molar-refractivity contribution is 7.80. The minimum Gasteiger partial charge on any atom is -0.176 e. The SMILES string of the molecule is BC1CCCC(C2CCCC(S)C2)C1. The second kappa shape index (κ2) is 4.96. The fraction of sp³-hybridized carbons (Fsp3) is 1.00. The third-order valence-corrected chi connectivity index (χ3v) is 4.80. The molecular formula is C12H23BS. The minimum atomic E-state index is 0.714. The van der Waals surface area contributed by atoms with E-state index in [2.05, 4.69) is 20.5 Å². The average Bonchev–Trinajstić information content (AvgIpc) is 2.18. The van der Waals surface area contributed by atoms with Crippen LogP contribution in [0.2, 0.25) is 5.82 Å². The van der Waals surface area contributed by atoms with Crippen molar-refractivity contribution < 1.29 is 0 Å². The second-order valence-electron chi connectivity index (χ2n) is 5.61. The Morgan fingerprint density at radius 3 is 2.14 bits per heavy atom. The van der Waals surface area contributed by atoms with Gasteiger partial charge in [-0.15, -0.1) is 0 Å². The zero-order chi connectivity index (χ0) is 9.97. The quantitative estimate of drug-likeness (QED) is 0.499. The lowest BCUT2D eigenvalue weighted by Crippen LogP contribution is -2.26. The highest BCUT2D eigenvalue weighted by Gasteiger charge is 2.29. The lowest BCUT2D eigenvalue weighted by Gasteiger charge is -2.37. The molecule has 2 rings (SSSR count). The fourth-order valence-corrected chi connectivity index (χ4v) is 3.99. The van der Waals surface area contributed by atoms with Gasteiger partial charge in [-0.25, -0.2) is 0 Å². The van der Waals surface area contributed by atoms with Gasteiger partial charge in [0.05, 0.1) is 0 Å². The lowest BCUT2D eigenvalue weighted by molar-refractivity contribution is 0.200. The van der Waals surface area contributed by atoms with Crippen LogP contribution in [0.1, 0.15) is 51.4 Å². The van der Waals surface area contributed by atoms with Gasteiger partial charge in [-0.3, -0.25) is 0 Å². The van der Waals surface area contributed by atoms with Gasteiger partial charge in [0.1, 0.15) is 7.85 Å². The van der Waals surface area contributed by atoms with Gasteiger partial charge in [-0.05, 0) is 24.7 Å². The molecular weight excluding hydrogens is 187 g/mol. The van der Waals surface area contributed by atoms with Gasteiger partial charge in [0.25, 0.3) is 0 Å². The number of rotatable bonds is 1. The van der Waals surface area contributed by atoms with Gasteiger partial charge in [0.2, 0.25) is 0 Å². The number of hydrogen-bond acceptors (Lipinski definition) is 1. The van der Waals surface area contributed by atoms with Crippen molar-refractivity contribution in [1.29, 1.82) is 0 Å². The van der Waals surface area contributed by atoms with E-state index in [1.807, 2.05) is 0 Å². The maximum atomic E-state index is 4.66. The molecule has 2 aliphatic rings. The molecule has 0 radical (unpaired) electrons. The molecule has 0 nitrogen and oxygen atoms in total. The van der Waals surface area contributed by atoms with Crippen molar-refractivity contribution in [2.75, 3.05) is 0 Å². The van der Waals surface area contributed by atoms with Crippen LogP contribution in [-0.4, -0.2) is 13.1 Å². The van der Waals surface area contributed by atoms with E-state index in [9.17, 15) is 0 Å². The molecule has 2 saturated carbocycles. The van der Waals surface area contributed by atoms with Gasteiger partial charge in [-0.1, -0.05) is 44.3 Å². The van der Waals surface area contributed by atoms with Crippen molar-refractivity contribution in [3.63, 3.8) is 0 Å². The van der Waals surface area contributed by atoms with E-state index in [1.54, 1.807) is 0 Å². The Morgan fingerprint density at radius 2 is 1.50 bits per heavy atom. The van der Waals surface area contributed by atoms with Crippen molar-refractivity contribution in [3.05, 3.63) is 0 Å². The van der Waals surface area contributed by atoms with Gasteiger partial charge in [-0.2, -0.15) is 12.6 Å². The molecule has 0 spiro atoms. The van der Waals surface area contributed by atoms with Crippen LogP contribution in [-0.2, 0) is 0 Å². The summed E-state index contributed by atoms with van der Waals surface area (Å²) in [7, 11) is 2.44. The number of hydrogen-bond donors (Lipinski definition) is 1. The Hall–Kier alpha value is 0.415. The normalized spacial score (nSPS) is 44.9. The average molecular weight is 210 g/mol. The Kier molecular flexibility index (Phi) is 3.87. The van der Waals surface area contributed by atoms with Gasteiger partial charge < -0.3 is 0 Å². The fourth-order valence-electron chi connectivity index (χ4n) is 3.54. The Morgan fingerprint density at radius 1 is 0.857 bits per heavy atom. The Bertz CT molecular complexity index is 163. The summed E-state index contributed by atoms with van der Waals surface area (Å²) in [6.07, 6.45) is 11.7. The van der Waals surface area contributed by atoms with Crippen LogP contribution in [0.4, 0.5) is 0 Å². The molecule has 2 aliphatic carbocycles. The first-order valence-electron chi connectivity index (χ1n) is 6.43. The van der Waals surface area contributed by atoms with E-state index < -0.39 is 0 Å². The van der Waals surface area contributed by atoms with E-state index in [4.69, 9.17) is 0 Å². The molecule has 0 heterocycles. The largest absolute Gasteiger partial charge is 0.176 e. The van der Waals surface area contributed by atoms with Crippen LogP contribution < -0.4 is 0 Å². The molecule has 14 heavy (non-hydrogen) atoms. The van der Waals surface area contributed by atoms with Crippen molar-refractivity contribution >= 4 is 20.5 Å². The zero-order valence-corrected chi connectivity index (χ0v) is 10.3. The second-order valence-corrected chi connectivity index (χ2v) is 6.34. The van der Waals surface area contributed by atoms with Crippen LogP contribution in [0, 0.1) is 11.8 Å². The van der Waals surface area contributed by atoms with Crippen molar-refractivity contribution in [3.8, 4) is 0 Å². The maximum absolute atomic E-state index is 4.66. The predicted molar refractivity (Wildman–Crippen MR) is 69.0 cm³/mol. The molecule has 0 aliphatic heterocycles. The van der Waals surface area contributed by atoms with E-state index in [0.29, 0.717) is 5.25 Å². The highest BCUT2D eigenvalue weighted by Crippen LogP contribution is 2.42. The molecule has 0 saturated heterocycles. The first-order chi connectivity index (χ1) is 6.75. The smallest absolute Gasteiger partial charge is 0.105 e.